The highest BCUT2D eigenvalue weighted by atomic mass is 15.1. The molecule has 3 saturated heterocycles. The van der Waals surface area contributed by atoms with Crippen LogP contribution in [0.3, 0.4) is 0 Å². The Morgan fingerprint density at radius 3 is 1.23 bits per heavy atom. The van der Waals surface area contributed by atoms with Crippen LogP contribution in [0.15, 0.2) is 0 Å². The Kier molecular flexibility index (Phi) is 5.88. The first-order valence-corrected chi connectivity index (χ1v) is 12.6. The van der Waals surface area contributed by atoms with Gasteiger partial charge in [0.05, 0.1) is 0 Å². The van der Waals surface area contributed by atoms with Crippen molar-refractivity contribution in [2.24, 2.45) is 23.7 Å². The monoisotopic (exact) mass is 419 g/mol. The molecule has 0 aromatic rings. The van der Waals surface area contributed by atoms with Crippen LogP contribution >= 0.6 is 0 Å². The van der Waals surface area contributed by atoms with Gasteiger partial charge in [-0.1, -0.05) is 0 Å². The van der Waals surface area contributed by atoms with Gasteiger partial charge in [-0.3, -0.25) is 0 Å². The van der Waals surface area contributed by atoms with Crippen molar-refractivity contribution < 1.29 is 0 Å². The summed E-state index contributed by atoms with van der Waals surface area (Å²) in [5.41, 5.74) is 1.34. The van der Waals surface area contributed by atoms with Crippen LogP contribution in [0.2, 0.25) is 0 Å². The van der Waals surface area contributed by atoms with Crippen LogP contribution in [0.5, 0.6) is 0 Å². The highest BCUT2D eigenvalue weighted by Gasteiger charge is 2.55. The highest BCUT2D eigenvalue weighted by Crippen LogP contribution is 2.52. The Morgan fingerprint density at radius 2 is 0.933 bits per heavy atom. The molecule has 3 unspecified atom stereocenters. The summed E-state index contributed by atoms with van der Waals surface area (Å²) in [5, 5.41) is 11.9. The summed E-state index contributed by atoms with van der Waals surface area (Å²) in [5.74, 6) is 2.94. The van der Waals surface area contributed by atoms with Gasteiger partial charge in [-0.25, -0.2) is 0 Å². The lowest BCUT2D eigenvalue weighted by Gasteiger charge is -2.43. The number of hydrogen-bond donors (Lipinski definition) is 3. The predicted molar refractivity (Wildman–Crippen MR) is 131 cm³/mol. The van der Waals surface area contributed by atoms with E-state index in [2.05, 4.69) is 99.0 Å². The fourth-order valence-electron chi connectivity index (χ4n) is 8.45. The molecule has 176 valence electrons. The molecular formula is C27H53N3. The zero-order valence-electron chi connectivity index (χ0n) is 22.3. The topological polar surface area (TPSA) is 36.1 Å². The Balaban J connectivity index is 1.88. The second-order valence-corrected chi connectivity index (χ2v) is 15.0. The van der Waals surface area contributed by atoms with Gasteiger partial charge >= 0.3 is 0 Å². The van der Waals surface area contributed by atoms with E-state index in [1.54, 1.807) is 0 Å². The summed E-state index contributed by atoms with van der Waals surface area (Å²) in [7, 11) is 0. The molecule has 3 heterocycles. The largest absolute Gasteiger partial charge is 0.307 e. The molecule has 3 aliphatic rings. The molecule has 0 bridgehead atoms. The molecule has 3 N–H and O–H groups in total. The first kappa shape index (κ1) is 24.5. The number of rotatable bonds is 5. The van der Waals surface area contributed by atoms with Crippen LogP contribution in [0.4, 0.5) is 0 Å². The summed E-state index contributed by atoms with van der Waals surface area (Å²) in [6.07, 6.45) is 6.56. The van der Waals surface area contributed by atoms with Crippen LogP contribution < -0.4 is 16.0 Å². The average Bonchev–Trinajstić information content (AvgIpc) is 2.92. The SMILES string of the molecule is CC1(C)CC(CCC(C2CC(C)(C)NC2(C)C)C2CC(C)(C)NC2(C)C)C(C)(C)N1. The third-order valence-corrected chi connectivity index (χ3v) is 8.96. The standard InChI is InChI=1S/C27H53N3/c1-22(2)15-18(25(7,8)28-22)13-14-19(20-16-23(3,4)29-26(20,9)10)21-17-24(5,6)30-27(21,11)12/h18-21,28-30H,13-17H2,1-12H3. The van der Waals surface area contributed by atoms with Crippen molar-refractivity contribution >= 4 is 0 Å². The lowest BCUT2D eigenvalue weighted by molar-refractivity contribution is 0.108. The summed E-state index contributed by atoms with van der Waals surface area (Å²) < 4.78 is 0. The van der Waals surface area contributed by atoms with Crippen molar-refractivity contribution in [1.29, 1.82) is 0 Å². The molecule has 30 heavy (non-hydrogen) atoms. The van der Waals surface area contributed by atoms with Gasteiger partial charge in [-0.05, 0) is 139 Å². The molecule has 0 spiro atoms. The van der Waals surface area contributed by atoms with Crippen molar-refractivity contribution in [2.45, 2.75) is 148 Å². The smallest absolute Gasteiger partial charge is 0.0161 e. The van der Waals surface area contributed by atoms with E-state index in [9.17, 15) is 0 Å². The van der Waals surface area contributed by atoms with Crippen molar-refractivity contribution in [1.82, 2.24) is 16.0 Å². The fourth-order valence-corrected chi connectivity index (χ4v) is 8.45. The van der Waals surface area contributed by atoms with Crippen molar-refractivity contribution in [3.05, 3.63) is 0 Å². The molecule has 0 saturated carbocycles. The van der Waals surface area contributed by atoms with Gasteiger partial charge in [0.2, 0.25) is 0 Å². The van der Waals surface area contributed by atoms with Crippen LogP contribution in [0.1, 0.15) is 115 Å². The maximum atomic E-state index is 4.00. The molecule has 3 heteroatoms. The lowest BCUT2D eigenvalue weighted by Crippen LogP contribution is -2.50. The van der Waals surface area contributed by atoms with Gasteiger partial charge < -0.3 is 16.0 Å². The van der Waals surface area contributed by atoms with Crippen LogP contribution in [0.25, 0.3) is 0 Å². The first-order valence-electron chi connectivity index (χ1n) is 12.6. The maximum Gasteiger partial charge on any atom is 0.0161 e. The van der Waals surface area contributed by atoms with Gasteiger partial charge in [-0.2, -0.15) is 0 Å². The lowest BCUT2D eigenvalue weighted by atomic mass is 9.64. The Morgan fingerprint density at radius 1 is 0.567 bits per heavy atom. The van der Waals surface area contributed by atoms with E-state index in [4.69, 9.17) is 0 Å². The van der Waals surface area contributed by atoms with Crippen LogP contribution in [-0.4, -0.2) is 33.2 Å². The van der Waals surface area contributed by atoms with Crippen molar-refractivity contribution in [2.75, 3.05) is 0 Å². The molecule has 3 nitrogen and oxygen atoms in total. The predicted octanol–water partition coefficient (Wildman–Crippen LogP) is 5.88. The van der Waals surface area contributed by atoms with Crippen molar-refractivity contribution in [3.8, 4) is 0 Å². The van der Waals surface area contributed by atoms with Crippen LogP contribution in [-0.2, 0) is 0 Å². The van der Waals surface area contributed by atoms with E-state index in [1.807, 2.05) is 0 Å². The van der Waals surface area contributed by atoms with E-state index in [-0.39, 0.29) is 33.2 Å². The van der Waals surface area contributed by atoms with E-state index < -0.39 is 0 Å². The third kappa shape index (κ3) is 4.94. The summed E-state index contributed by atoms with van der Waals surface area (Å²) in [6.45, 7) is 29.1. The molecule has 0 amide bonds. The number of hydrogen-bond acceptors (Lipinski definition) is 3. The average molecular weight is 420 g/mol. The minimum atomic E-state index is 0.194. The zero-order chi connectivity index (χ0) is 23.0. The molecule has 3 fully saturated rings. The quantitative estimate of drug-likeness (QED) is 0.520. The molecule has 0 aromatic heterocycles. The minimum absolute atomic E-state index is 0.194. The second-order valence-electron chi connectivity index (χ2n) is 15.0. The van der Waals surface area contributed by atoms with Gasteiger partial charge in [-0.15, -0.1) is 0 Å². The first-order chi connectivity index (χ1) is 13.3. The minimum Gasteiger partial charge on any atom is -0.307 e. The van der Waals surface area contributed by atoms with Gasteiger partial charge in [0.1, 0.15) is 0 Å². The molecule has 0 aliphatic carbocycles. The maximum absolute atomic E-state index is 4.00. The zero-order valence-corrected chi connectivity index (χ0v) is 22.3. The summed E-state index contributed by atoms with van der Waals surface area (Å²) >= 11 is 0. The Hall–Kier alpha value is -0.120. The third-order valence-electron chi connectivity index (χ3n) is 8.96. The molecule has 3 aliphatic heterocycles. The summed E-state index contributed by atoms with van der Waals surface area (Å²) in [4.78, 5) is 0. The van der Waals surface area contributed by atoms with Gasteiger partial charge in [0.15, 0.2) is 0 Å². The van der Waals surface area contributed by atoms with Gasteiger partial charge in [0, 0.05) is 33.2 Å². The molecule has 3 atom stereocenters. The molecular weight excluding hydrogens is 366 g/mol. The summed E-state index contributed by atoms with van der Waals surface area (Å²) in [6, 6.07) is 0. The van der Waals surface area contributed by atoms with E-state index in [0.29, 0.717) is 0 Å². The van der Waals surface area contributed by atoms with E-state index in [0.717, 1.165) is 23.7 Å². The molecule has 0 radical (unpaired) electrons. The van der Waals surface area contributed by atoms with E-state index >= 15 is 0 Å². The Bertz CT molecular complexity index is 604. The van der Waals surface area contributed by atoms with E-state index in [1.165, 1.54) is 32.1 Å². The Labute approximate surface area is 188 Å². The second kappa shape index (κ2) is 7.19. The molecule has 3 rings (SSSR count). The van der Waals surface area contributed by atoms with Crippen molar-refractivity contribution in [3.63, 3.8) is 0 Å². The van der Waals surface area contributed by atoms with Gasteiger partial charge in [0.25, 0.3) is 0 Å². The highest BCUT2D eigenvalue weighted by molar-refractivity contribution is 5.12. The number of nitrogens with one attached hydrogen (secondary N) is 3. The molecule has 0 aromatic carbocycles. The van der Waals surface area contributed by atoms with Crippen LogP contribution in [0, 0.1) is 23.7 Å². The fraction of sp³-hybridized carbons (Fsp3) is 1.00. The normalized spacial score (nSPS) is 38.6.